The van der Waals surface area contributed by atoms with Gasteiger partial charge in [0.25, 0.3) is 0 Å². The molecule has 0 radical (unpaired) electrons. The van der Waals surface area contributed by atoms with Crippen LogP contribution in [0.1, 0.15) is 76.5 Å². The van der Waals surface area contributed by atoms with Gasteiger partial charge >= 0.3 is 15.6 Å². The van der Waals surface area contributed by atoms with Crippen molar-refractivity contribution < 1.29 is 35.2 Å². The lowest BCUT2D eigenvalue weighted by Crippen LogP contribution is -2.36. The van der Waals surface area contributed by atoms with Crippen LogP contribution in [0.5, 0.6) is 11.5 Å². The molecule has 0 heterocycles. The van der Waals surface area contributed by atoms with Crippen molar-refractivity contribution in [1.29, 1.82) is 0 Å². The predicted octanol–water partition coefficient (Wildman–Crippen LogP) is 5.89. The SMILES string of the molecule is COc1cc2c(c(OC)c1C(C)C)C(OS(=O)(=O)C(F)(F)F)=C1C(C)(C)CCCC12C. The van der Waals surface area contributed by atoms with Crippen LogP contribution in [-0.4, -0.2) is 28.1 Å². The molecule has 0 aliphatic heterocycles. The topological polar surface area (TPSA) is 61.8 Å². The Hall–Kier alpha value is -1.90. The van der Waals surface area contributed by atoms with Crippen LogP contribution in [0, 0.1) is 5.41 Å². The largest absolute Gasteiger partial charge is 0.534 e. The fraction of sp³-hybridized carbons (Fsp3) is 0.636. The highest BCUT2D eigenvalue weighted by molar-refractivity contribution is 7.87. The minimum atomic E-state index is -5.87. The van der Waals surface area contributed by atoms with Crippen LogP contribution in [0.15, 0.2) is 11.6 Å². The zero-order valence-electron chi connectivity index (χ0n) is 18.9. The maximum atomic E-state index is 13.3. The predicted molar refractivity (Wildman–Crippen MR) is 112 cm³/mol. The van der Waals surface area contributed by atoms with E-state index in [1.165, 1.54) is 14.2 Å². The van der Waals surface area contributed by atoms with Gasteiger partial charge in [0.15, 0.2) is 5.76 Å². The summed E-state index contributed by atoms with van der Waals surface area (Å²) < 4.78 is 80.3. The third-order valence-corrected chi connectivity index (χ3v) is 7.47. The summed E-state index contributed by atoms with van der Waals surface area (Å²) in [5.74, 6) is 0.482. The Morgan fingerprint density at radius 1 is 1.06 bits per heavy atom. The van der Waals surface area contributed by atoms with Crippen LogP contribution in [0.25, 0.3) is 5.76 Å². The number of fused-ring (bicyclic) bond motifs is 3. The lowest BCUT2D eigenvalue weighted by atomic mass is 9.60. The Morgan fingerprint density at radius 3 is 2.16 bits per heavy atom. The van der Waals surface area contributed by atoms with Crippen LogP contribution >= 0.6 is 0 Å². The Bertz CT molecular complexity index is 1040. The van der Waals surface area contributed by atoms with E-state index in [-0.39, 0.29) is 23.0 Å². The first kappa shape index (κ1) is 23.8. The number of halogens is 3. The van der Waals surface area contributed by atoms with Crippen LogP contribution in [0.3, 0.4) is 0 Å². The molecule has 0 aromatic heterocycles. The number of allylic oxidation sites excluding steroid dienone is 1. The molecule has 2 aliphatic carbocycles. The lowest BCUT2D eigenvalue weighted by molar-refractivity contribution is -0.0510. The Labute approximate surface area is 181 Å². The van der Waals surface area contributed by atoms with E-state index in [4.69, 9.17) is 13.7 Å². The van der Waals surface area contributed by atoms with E-state index in [0.29, 0.717) is 35.3 Å². The van der Waals surface area contributed by atoms with Gasteiger partial charge in [0.1, 0.15) is 11.5 Å². The molecule has 174 valence electrons. The molecule has 31 heavy (non-hydrogen) atoms. The van der Waals surface area contributed by atoms with Crippen LogP contribution < -0.4 is 9.47 Å². The summed E-state index contributed by atoms with van der Waals surface area (Å²) in [7, 11) is -2.93. The first-order valence-electron chi connectivity index (χ1n) is 10.2. The Morgan fingerprint density at radius 2 is 1.68 bits per heavy atom. The fourth-order valence-corrected chi connectivity index (χ4v) is 5.79. The standard InChI is InChI=1S/C22H29F3O5S/c1-12(2)15-14(28-6)11-13-16(17(15)29-7)18(30-31(26,27)22(23,24)25)19-20(3,4)9-8-10-21(13,19)5/h11-12H,8-10H2,1-7H3. The molecule has 1 unspecified atom stereocenters. The maximum absolute atomic E-state index is 13.3. The molecule has 0 bridgehead atoms. The van der Waals surface area contributed by atoms with Gasteiger partial charge in [-0.05, 0) is 41.4 Å². The average molecular weight is 463 g/mol. The molecular weight excluding hydrogens is 433 g/mol. The molecule has 0 N–H and O–H groups in total. The average Bonchev–Trinajstić information content (AvgIpc) is 2.87. The summed E-state index contributed by atoms with van der Waals surface area (Å²) in [4.78, 5) is 0. The van der Waals surface area contributed by atoms with Crippen LogP contribution in [0.4, 0.5) is 13.2 Å². The Balaban J connectivity index is 2.46. The van der Waals surface area contributed by atoms with Gasteiger partial charge in [-0.25, -0.2) is 0 Å². The molecule has 0 saturated heterocycles. The summed E-state index contributed by atoms with van der Waals surface area (Å²) in [6, 6.07) is 1.80. The molecule has 1 fully saturated rings. The van der Waals surface area contributed by atoms with E-state index in [0.717, 1.165) is 6.42 Å². The van der Waals surface area contributed by atoms with E-state index in [1.54, 1.807) is 6.07 Å². The summed E-state index contributed by atoms with van der Waals surface area (Å²) in [6.45, 7) is 9.54. The molecule has 1 aromatic rings. The summed E-state index contributed by atoms with van der Waals surface area (Å²) in [5.41, 5.74) is -4.68. The van der Waals surface area contributed by atoms with Crippen molar-refractivity contribution in [3.8, 4) is 11.5 Å². The number of ether oxygens (including phenoxy) is 2. The van der Waals surface area contributed by atoms with E-state index in [2.05, 4.69) is 0 Å². The summed E-state index contributed by atoms with van der Waals surface area (Å²) >= 11 is 0. The van der Waals surface area contributed by atoms with E-state index in [9.17, 15) is 21.6 Å². The minimum Gasteiger partial charge on any atom is -0.496 e. The van der Waals surface area contributed by atoms with Crippen molar-refractivity contribution in [3.05, 3.63) is 28.3 Å². The zero-order valence-corrected chi connectivity index (χ0v) is 19.7. The van der Waals surface area contributed by atoms with E-state index < -0.39 is 26.5 Å². The van der Waals surface area contributed by atoms with Gasteiger partial charge in [-0.15, -0.1) is 0 Å². The van der Waals surface area contributed by atoms with Gasteiger partial charge in [0, 0.05) is 11.0 Å². The van der Waals surface area contributed by atoms with Crippen molar-refractivity contribution in [3.63, 3.8) is 0 Å². The third-order valence-electron chi connectivity index (χ3n) is 6.52. The summed E-state index contributed by atoms with van der Waals surface area (Å²) in [6.07, 6.45) is 2.18. The number of alkyl halides is 3. The molecule has 1 atom stereocenters. The van der Waals surface area contributed by atoms with Crippen LogP contribution in [-0.2, 0) is 19.7 Å². The molecule has 0 spiro atoms. The number of hydrogen-bond donors (Lipinski definition) is 0. The van der Waals surface area contributed by atoms with Crippen molar-refractivity contribution in [2.45, 2.75) is 70.7 Å². The number of hydrogen-bond acceptors (Lipinski definition) is 5. The molecular formula is C22H29F3O5S. The molecule has 1 aromatic carbocycles. The molecule has 9 heteroatoms. The lowest BCUT2D eigenvalue weighted by Gasteiger charge is -2.43. The summed E-state index contributed by atoms with van der Waals surface area (Å²) in [5, 5.41) is 0. The highest BCUT2D eigenvalue weighted by atomic mass is 32.2. The highest BCUT2D eigenvalue weighted by Crippen LogP contribution is 2.63. The molecule has 2 aliphatic rings. The quantitative estimate of drug-likeness (QED) is 0.404. The van der Waals surface area contributed by atoms with Gasteiger partial charge in [-0.2, -0.15) is 21.6 Å². The molecule has 3 rings (SSSR count). The zero-order chi connectivity index (χ0) is 23.6. The molecule has 1 saturated carbocycles. The van der Waals surface area contributed by atoms with E-state index in [1.807, 2.05) is 34.6 Å². The second kappa shape index (κ2) is 7.32. The third kappa shape index (κ3) is 3.49. The van der Waals surface area contributed by atoms with Crippen molar-refractivity contribution >= 4 is 15.9 Å². The van der Waals surface area contributed by atoms with Gasteiger partial charge < -0.3 is 13.7 Å². The Kier molecular flexibility index (Phi) is 5.61. The van der Waals surface area contributed by atoms with Gasteiger partial charge in [-0.1, -0.05) is 41.0 Å². The normalized spacial score (nSPS) is 22.9. The number of benzene rings is 1. The molecule has 5 nitrogen and oxygen atoms in total. The second-order valence-corrected chi connectivity index (χ2v) is 10.9. The minimum absolute atomic E-state index is 0.0934. The number of rotatable bonds is 5. The van der Waals surface area contributed by atoms with Gasteiger partial charge in [0.2, 0.25) is 0 Å². The first-order chi connectivity index (χ1) is 14.1. The second-order valence-electron chi connectivity index (χ2n) is 9.36. The maximum Gasteiger partial charge on any atom is 0.534 e. The van der Waals surface area contributed by atoms with Crippen molar-refractivity contribution in [2.75, 3.05) is 14.2 Å². The molecule has 0 amide bonds. The smallest absolute Gasteiger partial charge is 0.496 e. The highest BCUT2D eigenvalue weighted by Gasteiger charge is 2.56. The van der Waals surface area contributed by atoms with Gasteiger partial charge in [-0.3, -0.25) is 0 Å². The van der Waals surface area contributed by atoms with Crippen LogP contribution in [0.2, 0.25) is 0 Å². The monoisotopic (exact) mass is 462 g/mol. The van der Waals surface area contributed by atoms with E-state index >= 15 is 0 Å². The first-order valence-corrected chi connectivity index (χ1v) is 11.6. The van der Waals surface area contributed by atoms with Crippen molar-refractivity contribution in [1.82, 2.24) is 0 Å². The fourth-order valence-electron chi connectivity index (χ4n) is 5.31. The number of methoxy groups -OCH3 is 2. The van der Waals surface area contributed by atoms with Crippen molar-refractivity contribution in [2.24, 2.45) is 5.41 Å². The van der Waals surface area contributed by atoms with Gasteiger partial charge in [0.05, 0.1) is 19.8 Å².